The number of sulfonamides is 1. The summed E-state index contributed by atoms with van der Waals surface area (Å²) < 4.78 is 72.4. The number of benzene rings is 3. The van der Waals surface area contributed by atoms with E-state index in [0.717, 1.165) is 30.2 Å². The van der Waals surface area contributed by atoms with Crippen molar-refractivity contribution < 1.29 is 31.1 Å². The van der Waals surface area contributed by atoms with Gasteiger partial charge in [0.1, 0.15) is 5.75 Å². The molecule has 3 aromatic carbocycles. The third kappa shape index (κ3) is 5.44. The van der Waals surface area contributed by atoms with E-state index in [1.54, 1.807) is 19.1 Å². The summed E-state index contributed by atoms with van der Waals surface area (Å²) >= 11 is 5.90. The maximum atomic E-state index is 13.3. The van der Waals surface area contributed by atoms with E-state index in [9.17, 15) is 26.4 Å². The summed E-state index contributed by atoms with van der Waals surface area (Å²) in [6.07, 6.45) is -3.07. The van der Waals surface area contributed by atoms with Crippen LogP contribution in [0.25, 0.3) is 0 Å². The van der Waals surface area contributed by atoms with E-state index in [1.165, 1.54) is 22.5 Å². The molecule has 1 amide bonds. The summed E-state index contributed by atoms with van der Waals surface area (Å²) in [6, 6.07) is 14.3. The summed E-state index contributed by atoms with van der Waals surface area (Å²) in [5.41, 5.74) is 0.959. The van der Waals surface area contributed by atoms with Crippen LogP contribution in [-0.2, 0) is 27.4 Å². The average Bonchev–Trinajstić information content (AvgIpc) is 2.83. The Kier molecular flexibility index (Phi) is 7.19. The van der Waals surface area contributed by atoms with Crippen LogP contribution in [0.4, 0.5) is 24.5 Å². The molecule has 11 heteroatoms. The highest BCUT2D eigenvalue weighted by Crippen LogP contribution is 2.35. The Morgan fingerprint density at radius 2 is 1.86 bits per heavy atom. The third-order valence-corrected chi connectivity index (χ3v) is 7.87. The maximum Gasteiger partial charge on any atom is 0.416 e. The topological polar surface area (TPSA) is 75.7 Å². The lowest BCUT2D eigenvalue weighted by atomic mass is 10.0. The van der Waals surface area contributed by atoms with E-state index in [4.69, 9.17) is 16.3 Å². The van der Waals surface area contributed by atoms with Crippen molar-refractivity contribution in [2.24, 2.45) is 0 Å². The van der Waals surface area contributed by atoms with Gasteiger partial charge in [-0.25, -0.2) is 8.42 Å². The number of aryl methyl sites for hydroxylation is 2. The summed E-state index contributed by atoms with van der Waals surface area (Å²) in [5.74, 6) is -0.462. The van der Waals surface area contributed by atoms with Gasteiger partial charge in [-0.3, -0.25) is 9.10 Å². The molecule has 0 fully saturated rings. The third-order valence-electron chi connectivity index (χ3n) is 5.73. The molecular formula is C25H22ClF3N2O4S. The Bertz CT molecular complexity index is 1410. The van der Waals surface area contributed by atoms with E-state index < -0.39 is 34.3 Å². The zero-order chi connectivity index (χ0) is 26.1. The first-order valence-electron chi connectivity index (χ1n) is 11.0. The molecule has 1 N–H and O–H groups in total. The standard InChI is InChI=1S/C25H22ClF3N2O4S/c1-16-13-19(36(33,34)31-12-4-6-17-5-2-3-7-22(17)31)9-11-23(16)35-15-24(32)30-21-14-18(25(27,28)29)8-10-20(21)26/h2-3,5,7-11,13-14H,4,6,12,15H2,1H3,(H,30,32). The number of halogens is 4. The molecule has 0 unspecified atom stereocenters. The lowest BCUT2D eigenvalue weighted by molar-refractivity contribution is -0.137. The molecule has 36 heavy (non-hydrogen) atoms. The minimum atomic E-state index is -4.59. The van der Waals surface area contributed by atoms with Crippen LogP contribution in [0.1, 0.15) is 23.1 Å². The summed E-state index contributed by atoms with van der Waals surface area (Å²) in [6.45, 7) is 1.49. The molecule has 3 aromatic rings. The Morgan fingerprint density at radius 3 is 2.58 bits per heavy atom. The second kappa shape index (κ2) is 10.0. The summed E-state index contributed by atoms with van der Waals surface area (Å²) in [4.78, 5) is 12.4. The molecule has 0 radical (unpaired) electrons. The summed E-state index contributed by atoms with van der Waals surface area (Å²) in [7, 11) is -3.82. The van der Waals surface area contributed by atoms with Crippen molar-refractivity contribution in [2.75, 3.05) is 22.8 Å². The molecule has 0 saturated heterocycles. The van der Waals surface area contributed by atoms with Gasteiger partial charge in [0, 0.05) is 6.54 Å². The number of fused-ring (bicyclic) bond motifs is 1. The molecule has 0 aromatic heterocycles. The van der Waals surface area contributed by atoms with Crippen LogP contribution in [0.3, 0.4) is 0 Å². The fourth-order valence-electron chi connectivity index (χ4n) is 3.95. The minimum absolute atomic E-state index is 0.0543. The number of para-hydroxylation sites is 1. The molecule has 0 bridgehead atoms. The first kappa shape index (κ1) is 25.8. The van der Waals surface area contributed by atoms with Crippen LogP contribution in [-0.4, -0.2) is 27.5 Å². The number of carbonyl (C=O) groups is 1. The van der Waals surface area contributed by atoms with Gasteiger partial charge in [-0.15, -0.1) is 0 Å². The highest BCUT2D eigenvalue weighted by atomic mass is 35.5. The average molecular weight is 539 g/mol. The number of nitrogens with zero attached hydrogens (tertiary/aromatic N) is 1. The number of hydrogen-bond acceptors (Lipinski definition) is 4. The van der Waals surface area contributed by atoms with Crippen LogP contribution in [0, 0.1) is 6.92 Å². The van der Waals surface area contributed by atoms with Gasteiger partial charge in [0.15, 0.2) is 6.61 Å². The molecular weight excluding hydrogens is 517 g/mol. The van der Waals surface area contributed by atoms with Gasteiger partial charge >= 0.3 is 6.18 Å². The van der Waals surface area contributed by atoms with Gasteiger partial charge in [-0.05, 0) is 73.4 Å². The molecule has 0 aliphatic carbocycles. The normalized spacial score (nSPS) is 13.8. The molecule has 1 aliphatic rings. The second-order valence-corrected chi connectivity index (χ2v) is 10.5. The van der Waals surface area contributed by atoms with Gasteiger partial charge in [-0.2, -0.15) is 13.2 Å². The monoisotopic (exact) mass is 538 g/mol. The SMILES string of the molecule is Cc1cc(S(=O)(=O)N2CCCc3ccccc32)ccc1OCC(=O)Nc1cc(C(F)(F)F)ccc1Cl. The highest BCUT2D eigenvalue weighted by molar-refractivity contribution is 7.92. The number of anilines is 2. The molecule has 0 atom stereocenters. The van der Waals surface area contributed by atoms with E-state index in [0.29, 0.717) is 24.2 Å². The fourth-order valence-corrected chi connectivity index (χ4v) is 5.74. The molecule has 1 heterocycles. The fraction of sp³-hybridized carbons (Fsp3) is 0.240. The molecule has 1 aliphatic heterocycles. The largest absolute Gasteiger partial charge is 0.483 e. The molecule has 6 nitrogen and oxygen atoms in total. The van der Waals surface area contributed by atoms with E-state index in [-0.39, 0.29) is 21.4 Å². The van der Waals surface area contributed by atoms with Crippen molar-refractivity contribution >= 4 is 38.9 Å². The van der Waals surface area contributed by atoms with Gasteiger partial charge in [0.2, 0.25) is 0 Å². The lowest BCUT2D eigenvalue weighted by Gasteiger charge is -2.30. The Balaban J connectivity index is 1.46. The minimum Gasteiger partial charge on any atom is -0.483 e. The van der Waals surface area contributed by atoms with E-state index >= 15 is 0 Å². The molecule has 190 valence electrons. The first-order chi connectivity index (χ1) is 17.0. The number of ether oxygens (including phenoxy) is 1. The highest BCUT2D eigenvalue weighted by Gasteiger charge is 2.31. The van der Waals surface area contributed by atoms with Crippen molar-refractivity contribution in [3.63, 3.8) is 0 Å². The van der Waals surface area contributed by atoms with Crippen LogP contribution < -0.4 is 14.4 Å². The summed E-state index contributed by atoms with van der Waals surface area (Å²) in [5, 5.41) is 2.25. The van der Waals surface area contributed by atoms with Crippen molar-refractivity contribution in [1.29, 1.82) is 0 Å². The van der Waals surface area contributed by atoms with Crippen molar-refractivity contribution in [3.05, 3.63) is 82.4 Å². The number of alkyl halides is 3. The van der Waals surface area contributed by atoms with Crippen molar-refractivity contribution in [3.8, 4) is 5.75 Å². The number of rotatable bonds is 6. The predicted molar refractivity (Wildman–Crippen MR) is 131 cm³/mol. The van der Waals surface area contributed by atoms with Crippen LogP contribution in [0.5, 0.6) is 5.75 Å². The van der Waals surface area contributed by atoms with Crippen LogP contribution >= 0.6 is 11.6 Å². The van der Waals surface area contributed by atoms with Gasteiger partial charge in [0.05, 0.1) is 26.9 Å². The Hall–Kier alpha value is -3.24. The van der Waals surface area contributed by atoms with Crippen LogP contribution in [0.2, 0.25) is 5.02 Å². The molecule has 0 spiro atoms. The molecule has 0 saturated carbocycles. The number of carbonyl (C=O) groups excluding carboxylic acids is 1. The predicted octanol–water partition coefficient (Wildman–Crippen LogP) is 5.83. The van der Waals surface area contributed by atoms with Crippen molar-refractivity contribution in [2.45, 2.75) is 30.8 Å². The number of nitrogens with one attached hydrogen (secondary N) is 1. The quantitative estimate of drug-likeness (QED) is 0.429. The molecule has 4 rings (SSSR count). The Labute approximate surface area is 211 Å². The van der Waals surface area contributed by atoms with Gasteiger partial charge in [-0.1, -0.05) is 29.8 Å². The maximum absolute atomic E-state index is 13.3. The lowest BCUT2D eigenvalue weighted by Crippen LogP contribution is -2.35. The Morgan fingerprint density at radius 1 is 1.11 bits per heavy atom. The van der Waals surface area contributed by atoms with Gasteiger partial charge in [0.25, 0.3) is 15.9 Å². The van der Waals surface area contributed by atoms with E-state index in [1.807, 2.05) is 12.1 Å². The van der Waals surface area contributed by atoms with Crippen molar-refractivity contribution in [1.82, 2.24) is 0 Å². The second-order valence-electron chi connectivity index (χ2n) is 8.27. The number of hydrogen-bond donors (Lipinski definition) is 1. The van der Waals surface area contributed by atoms with Crippen LogP contribution in [0.15, 0.2) is 65.6 Å². The number of amides is 1. The van der Waals surface area contributed by atoms with Gasteiger partial charge < -0.3 is 10.1 Å². The zero-order valence-electron chi connectivity index (χ0n) is 19.1. The van der Waals surface area contributed by atoms with E-state index in [2.05, 4.69) is 5.32 Å². The zero-order valence-corrected chi connectivity index (χ0v) is 20.7. The first-order valence-corrected chi connectivity index (χ1v) is 12.8. The smallest absolute Gasteiger partial charge is 0.416 e.